The average Bonchev–Trinajstić information content (AvgIpc) is 2.40. The molecule has 1 aromatic rings. The third-order valence-electron chi connectivity index (χ3n) is 3.58. The molecule has 1 aromatic carbocycles. The Labute approximate surface area is 107 Å². The molecule has 1 saturated heterocycles. The highest BCUT2D eigenvalue weighted by atomic mass is 16.4. The number of carbonyl (C=O) groups is 1. The van der Waals surface area contributed by atoms with Crippen LogP contribution in [0.3, 0.4) is 0 Å². The number of piperidine rings is 1. The summed E-state index contributed by atoms with van der Waals surface area (Å²) >= 11 is 0. The Kier molecular flexibility index (Phi) is 4.20. The summed E-state index contributed by atoms with van der Waals surface area (Å²) in [5.41, 5.74) is 7.95. The monoisotopic (exact) mass is 248 g/mol. The zero-order valence-electron chi connectivity index (χ0n) is 10.5. The van der Waals surface area contributed by atoms with E-state index in [9.17, 15) is 4.79 Å². The van der Waals surface area contributed by atoms with Crippen LogP contribution in [0.1, 0.15) is 18.4 Å². The van der Waals surface area contributed by atoms with E-state index in [0.717, 1.165) is 32.4 Å². The lowest BCUT2D eigenvalue weighted by Gasteiger charge is -2.32. The van der Waals surface area contributed by atoms with E-state index >= 15 is 0 Å². The summed E-state index contributed by atoms with van der Waals surface area (Å²) in [6.45, 7) is 2.32. The van der Waals surface area contributed by atoms with Gasteiger partial charge in [0.2, 0.25) is 0 Å². The Balaban J connectivity index is 1.95. The van der Waals surface area contributed by atoms with Gasteiger partial charge in [-0.25, -0.2) is 0 Å². The molecule has 0 radical (unpaired) electrons. The summed E-state index contributed by atoms with van der Waals surface area (Å²) in [7, 11) is 0. The molecular weight excluding hydrogens is 228 g/mol. The van der Waals surface area contributed by atoms with Gasteiger partial charge in [0.1, 0.15) is 0 Å². The van der Waals surface area contributed by atoms with Crippen molar-refractivity contribution in [3.8, 4) is 0 Å². The number of hydrogen-bond donors (Lipinski definition) is 2. The zero-order valence-corrected chi connectivity index (χ0v) is 10.5. The van der Waals surface area contributed by atoms with Crippen molar-refractivity contribution in [1.82, 2.24) is 0 Å². The molecule has 1 fully saturated rings. The summed E-state index contributed by atoms with van der Waals surface area (Å²) in [4.78, 5) is 13.1. The lowest BCUT2D eigenvalue weighted by molar-refractivity contribution is -0.142. The third-order valence-corrected chi connectivity index (χ3v) is 3.58. The van der Waals surface area contributed by atoms with Crippen molar-refractivity contribution < 1.29 is 9.90 Å². The Bertz CT molecular complexity index is 395. The van der Waals surface area contributed by atoms with E-state index in [1.165, 1.54) is 11.3 Å². The third kappa shape index (κ3) is 3.01. The number of carboxylic acid groups (broad SMARTS) is 1. The smallest absolute Gasteiger partial charge is 0.306 e. The molecule has 1 aliphatic heterocycles. The lowest BCUT2D eigenvalue weighted by Crippen LogP contribution is -2.36. The molecule has 0 aromatic heterocycles. The maximum Gasteiger partial charge on any atom is 0.306 e. The minimum atomic E-state index is -0.659. The molecule has 98 valence electrons. The largest absolute Gasteiger partial charge is 0.481 e. The first kappa shape index (κ1) is 12.9. The van der Waals surface area contributed by atoms with Gasteiger partial charge in [-0.15, -0.1) is 0 Å². The van der Waals surface area contributed by atoms with E-state index < -0.39 is 5.97 Å². The SMILES string of the molecule is NCCc1ccc(N2CCC(C(=O)O)CC2)cc1. The van der Waals surface area contributed by atoms with E-state index in [0.29, 0.717) is 6.54 Å². The standard InChI is InChI=1S/C14H20N2O2/c15-8-5-11-1-3-13(4-2-11)16-9-6-12(7-10-16)14(17)18/h1-4,12H,5-10,15H2,(H,17,18). The first-order chi connectivity index (χ1) is 8.70. The minimum Gasteiger partial charge on any atom is -0.481 e. The summed E-state index contributed by atoms with van der Waals surface area (Å²) in [5.74, 6) is -0.828. The molecule has 3 N–H and O–H groups in total. The maximum absolute atomic E-state index is 10.9. The van der Waals surface area contributed by atoms with Crippen LogP contribution in [0.15, 0.2) is 24.3 Å². The topological polar surface area (TPSA) is 66.6 Å². The number of anilines is 1. The highest BCUT2D eigenvalue weighted by molar-refractivity contribution is 5.70. The molecule has 0 unspecified atom stereocenters. The van der Waals surface area contributed by atoms with Crippen LogP contribution in [-0.4, -0.2) is 30.7 Å². The molecule has 1 heterocycles. The van der Waals surface area contributed by atoms with Crippen LogP contribution in [0.2, 0.25) is 0 Å². The van der Waals surface area contributed by atoms with Gasteiger partial charge in [0.05, 0.1) is 5.92 Å². The van der Waals surface area contributed by atoms with Crippen LogP contribution < -0.4 is 10.6 Å². The van der Waals surface area contributed by atoms with Crippen LogP contribution in [0.25, 0.3) is 0 Å². The second-order valence-corrected chi connectivity index (χ2v) is 4.80. The Hall–Kier alpha value is -1.55. The van der Waals surface area contributed by atoms with E-state index in [1.807, 2.05) is 0 Å². The second-order valence-electron chi connectivity index (χ2n) is 4.80. The van der Waals surface area contributed by atoms with E-state index in [-0.39, 0.29) is 5.92 Å². The second kappa shape index (κ2) is 5.87. The molecule has 0 spiro atoms. The number of nitrogens with two attached hydrogens (primary N) is 1. The molecule has 1 aliphatic rings. The quantitative estimate of drug-likeness (QED) is 0.847. The highest BCUT2D eigenvalue weighted by Gasteiger charge is 2.24. The molecule has 0 atom stereocenters. The van der Waals surface area contributed by atoms with Crippen LogP contribution >= 0.6 is 0 Å². The van der Waals surface area contributed by atoms with Gasteiger partial charge >= 0.3 is 5.97 Å². The number of carboxylic acids is 1. The van der Waals surface area contributed by atoms with Crippen molar-refractivity contribution in [3.63, 3.8) is 0 Å². The van der Waals surface area contributed by atoms with Crippen LogP contribution in [0.5, 0.6) is 0 Å². The van der Waals surface area contributed by atoms with Crippen molar-refractivity contribution in [2.75, 3.05) is 24.5 Å². The molecule has 0 amide bonds. The molecule has 4 nitrogen and oxygen atoms in total. The summed E-state index contributed by atoms with van der Waals surface area (Å²) in [6.07, 6.45) is 2.38. The van der Waals surface area contributed by atoms with Crippen molar-refractivity contribution in [2.24, 2.45) is 11.7 Å². The van der Waals surface area contributed by atoms with Crippen molar-refractivity contribution in [1.29, 1.82) is 0 Å². The fourth-order valence-electron chi connectivity index (χ4n) is 2.42. The van der Waals surface area contributed by atoms with E-state index in [1.54, 1.807) is 0 Å². The van der Waals surface area contributed by atoms with Gasteiger partial charge in [-0.05, 0) is 43.5 Å². The summed E-state index contributed by atoms with van der Waals surface area (Å²) < 4.78 is 0. The molecule has 18 heavy (non-hydrogen) atoms. The fourth-order valence-corrected chi connectivity index (χ4v) is 2.42. The van der Waals surface area contributed by atoms with Crippen molar-refractivity contribution >= 4 is 11.7 Å². The molecule has 0 saturated carbocycles. The van der Waals surface area contributed by atoms with Gasteiger partial charge in [0.25, 0.3) is 0 Å². The molecular formula is C14H20N2O2. The predicted molar refractivity (Wildman–Crippen MR) is 71.8 cm³/mol. The van der Waals surface area contributed by atoms with E-state index in [4.69, 9.17) is 10.8 Å². The predicted octanol–water partition coefficient (Wildman–Crippen LogP) is 1.49. The van der Waals surface area contributed by atoms with Gasteiger partial charge in [-0.1, -0.05) is 12.1 Å². The molecule has 4 heteroatoms. The van der Waals surface area contributed by atoms with Crippen LogP contribution in [0.4, 0.5) is 5.69 Å². The summed E-state index contributed by atoms with van der Waals surface area (Å²) in [6, 6.07) is 8.41. The normalized spacial score (nSPS) is 16.8. The Morgan fingerprint density at radius 2 is 1.89 bits per heavy atom. The zero-order chi connectivity index (χ0) is 13.0. The minimum absolute atomic E-state index is 0.169. The lowest BCUT2D eigenvalue weighted by atomic mass is 9.96. The molecule has 2 rings (SSSR count). The van der Waals surface area contributed by atoms with Gasteiger partial charge in [0, 0.05) is 18.8 Å². The average molecular weight is 248 g/mol. The number of rotatable bonds is 4. The number of hydrogen-bond acceptors (Lipinski definition) is 3. The van der Waals surface area contributed by atoms with Gasteiger partial charge in [-0.3, -0.25) is 4.79 Å². The molecule has 0 aliphatic carbocycles. The van der Waals surface area contributed by atoms with Gasteiger partial charge < -0.3 is 15.7 Å². The number of aliphatic carboxylic acids is 1. The summed E-state index contributed by atoms with van der Waals surface area (Å²) in [5, 5.41) is 8.96. The number of benzene rings is 1. The van der Waals surface area contributed by atoms with Crippen molar-refractivity contribution in [3.05, 3.63) is 29.8 Å². The first-order valence-electron chi connectivity index (χ1n) is 6.47. The van der Waals surface area contributed by atoms with Gasteiger partial charge in [0.15, 0.2) is 0 Å². The number of nitrogens with zero attached hydrogens (tertiary/aromatic N) is 1. The highest BCUT2D eigenvalue weighted by Crippen LogP contribution is 2.23. The van der Waals surface area contributed by atoms with E-state index in [2.05, 4.69) is 29.2 Å². The molecule has 0 bridgehead atoms. The van der Waals surface area contributed by atoms with Gasteiger partial charge in [-0.2, -0.15) is 0 Å². The first-order valence-corrected chi connectivity index (χ1v) is 6.47. The maximum atomic E-state index is 10.9. The van der Waals surface area contributed by atoms with Crippen LogP contribution in [0, 0.1) is 5.92 Å². The Morgan fingerprint density at radius 3 is 2.39 bits per heavy atom. The van der Waals surface area contributed by atoms with Crippen LogP contribution in [-0.2, 0) is 11.2 Å². The Morgan fingerprint density at radius 1 is 1.28 bits per heavy atom. The van der Waals surface area contributed by atoms with Crippen molar-refractivity contribution in [2.45, 2.75) is 19.3 Å². The fraction of sp³-hybridized carbons (Fsp3) is 0.500.